The first kappa shape index (κ1) is 29.4. The molecule has 228 valence electrons. The Kier molecular flexibility index (Phi) is 9.08. The highest BCUT2D eigenvalue weighted by Crippen LogP contribution is 2.33. The number of aromatic nitrogens is 3. The monoisotopic (exact) mass is 605 g/mol. The van der Waals surface area contributed by atoms with Gasteiger partial charge in [0.15, 0.2) is 0 Å². The summed E-state index contributed by atoms with van der Waals surface area (Å²) in [5.74, 6) is 1.15. The Morgan fingerprint density at radius 2 is 1.84 bits per heavy atom. The van der Waals surface area contributed by atoms with E-state index in [1.165, 1.54) is 4.31 Å². The van der Waals surface area contributed by atoms with Crippen molar-refractivity contribution in [1.82, 2.24) is 23.8 Å². The first-order valence-corrected chi connectivity index (χ1v) is 16.0. The first-order valence-electron chi connectivity index (χ1n) is 14.9. The van der Waals surface area contributed by atoms with Crippen LogP contribution in [0.5, 0.6) is 5.75 Å². The molecule has 0 amide bonds. The van der Waals surface area contributed by atoms with Gasteiger partial charge in [0.2, 0.25) is 16.8 Å². The Bertz CT molecular complexity index is 1620. The molecule has 0 radical (unpaired) electrons. The maximum Gasteiger partial charge on any atom is 0.245 e. The van der Waals surface area contributed by atoms with Crippen molar-refractivity contribution in [2.45, 2.75) is 32.4 Å². The molecule has 0 spiro atoms. The van der Waals surface area contributed by atoms with Crippen molar-refractivity contribution >= 4 is 33.7 Å². The topological polar surface area (TPSA) is 105 Å². The summed E-state index contributed by atoms with van der Waals surface area (Å²) in [5, 5.41) is 8.15. The van der Waals surface area contributed by atoms with Gasteiger partial charge in [0.05, 0.1) is 43.4 Å². The number of anilines is 3. The first-order chi connectivity index (χ1) is 21.0. The van der Waals surface area contributed by atoms with Crippen LogP contribution in [0.2, 0.25) is 0 Å². The lowest BCUT2D eigenvalue weighted by Crippen LogP contribution is -2.49. The Morgan fingerprint density at radius 3 is 2.58 bits per heavy atom. The van der Waals surface area contributed by atoms with Gasteiger partial charge in [-0.15, -0.1) is 5.10 Å². The quantitative estimate of drug-likeness (QED) is 0.261. The van der Waals surface area contributed by atoms with Gasteiger partial charge in [-0.1, -0.05) is 31.2 Å². The number of morpholine rings is 1. The molecule has 0 saturated carbocycles. The Balaban J connectivity index is 1.20. The van der Waals surface area contributed by atoms with Crippen LogP contribution >= 0.6 is 0 Å². The molecule has 11 nitrogen and oxygen atoms in total. The van der Waals surface area contributed by atoms with Gasteiger partial charge in [0, 0.05) is 62.6 Å². The van der Waals surface area contributed by atoms with E-state index in [1.54, 1.807) is 13.3 Å². The summed E-state index contributed by atoms with van der Waals surface area (Å²) >= 11 is 0. The largest absolute Gasteiger partial charge is 0.494 e. The van der Waals surface area contributed by atoms with Gasteiger partial charge in [-0.3, -0.25) is 4.90 Å². The van der Waals surface area contributed by atoms with Gasteiger partial charge in [0.25, 0.3) is 0 Å². The normalized spacial score (nSPS) is 16.8. The van der Waals surface area contributed by atoms with Crippen molar-refractivity contribution in [3.8, 4) is 17.0 Å². The number of rotatable bonds is 10. The Labute approximate surface area is 254 Å². The predicted octanol–water partition coefficient (Wildman–Crippen LogP) is 3.80. The Morgan fingerprint density at radius 1 is 1.05 bits per heavy atom. The van der Waals surface area contributed by atoms with Crippen LogP contribution in [0.3, 0.4) is 0 Å². The molecular weight excluding hydrogens is 566 g/mol. The fourth-order valence-corrected chi connectivity index (χ4v) is 6.58. The van der Waals surface area contributed by atoms with E-state index < -0.39 is 10.9 Å². The number of nitrogens with one attached hydrogen (secondary N) is 1. The SMILES string of the molecule is CCN(Cc1ccccc1-c1ccc2cnc(Nc3ccc(N4CCC(N5CCOCC5)CC4)cc3OC)nn12)[SH](=O)=O. The molecule has 2 saturated heterocycles. The second kappa shape index (κ2) is 13.3. The summed E-state index contributed by atoms with van der Waals surface area (Å²) in [6.07, 6.45) is 4.06. The van der Waals surface area contributed by atoms with E-state index in [1.807, 2.05) is 53.9 Å². The predicted molar refractivity (Wildman–Crippen MR) is 169 cm³/mol. The van der Waals surface area contributed by atoms with Crippen molar-refractivity contribution in [2.75, 3.05) is 63.3 Å². The van der Waals surface area contributed by atoms with Gasteiger partial charge in [-0.05, 0) is 42.7 Å². The zero-order chi connectivity index (χ0) is 29.8. The van der Waals surface area contributed by atoms with Crippen LogP contribution in [0.15, 0.2) is 60.8 Å². The molecule has 2 aliphatic heterocycles. The second-order valence-electron chi connectivity index (χ2n) is 10.9. The van der Waals surface area contributed by atoms with Crippen molar-refractivity contribution in [2.24, 2.45) is 0 Å². The molecule has 0 atom stereocenters. The van der Waals surface area contributed by atoms with Crippen LogP contribution in [0, 0.1) is 0 Å². The number of hydrogen-bond acceptors (Lipinski definition) is 9. The molecule has 6 rings (SSSR count). The highest BCUT2D eigenvalue weighted by atomic mass is 32.2. The average molecular weight is 606 g/mol. The third-order valence-electron chi connectivity index (χ3n) is 8.46. The minimum Gasteiger partial charge on any atom is -0.494 e. The van der Waals surface area contributed by atoms with Gasteiger partial charge in [-0.2, -0.15) is 0 Å². The summed E-state index contributed by atoms with van der Waals surface area (Å²) < 4.78 is 38.0. The fourth-order valence-electron chi connectivity index (χ4n) is 6.08. The third-order valence-corrected chi connectivity index (χ3v) is 9.35. The maximum atomic E-state index is 11.7. The molecule has 4 heterocycles. The molecule has 0 aliphatic carbocycles. The summed E-state index contributed by atoms with van der Waals surface area (Å²) in [4.78, 5) is 9.55. The van der Waals surface area contributed by atoms with E-state index in [-0.39, 0.29) is 0 Å². The number of fused-ring (bicyclic) bond motifs is 1. The van der Waals surface area contributed by atoms with E-state index in [0.29, 0.717) is 25.1 Å². The van der Waals surface area contributed by atoms with Crippen molar-refractivity contribution in [1.29, 1.82) is 0 Å². The van der Waals surface area contributed by atoms with E-state index in [4.69, 9.17) is 14.6 Å². The lowest BCUT2D eigenvalue weighted by atomic mass is 10.0. The van der Waals surface area contributed by atoms with E-state index in [0.717, 1.165) is 91.7 Å². The minimum atomic E-state index is -2.67. The van der Waals surface area contributed by atoms with Crippen LogP contribution < -0.4 is 15.0 Å². The molecule has 2 fully saturated rings. The highest BCUT2D eigenvalue weighted by Gasteiger charge is 2.26. The number of piperidine rings is 1. The van der Waals surface area contributed by atoms with Gasteiger partial charge < -0.3 is 19.7 Å². The standard InChI is InChI=1S/C31H39N7O4S/c1-3-37(43(39)40)22-23-6-4-5-7-27(23)29-11-9-26-21-32-31(34-38(26)29)33-28-10-8-25(20-30(28)41-2)35-14-12-24(13-15-35)36-16-18-42-19-17-36/h4-11,20-21,24,43H,3,12-19,22H2,1-2H3,(H,33,34). The molecule has 0 bridgehead atoms. The van der Waals surface area contributed by atoms with E-state index in [2.05, 4.69) is 32.2 Å². The van der Waals surface area contributed by atoms with Crippen LogP contribution in [0.1, 0.15) is 25.3 Å². The van der Waals surface area contributed by atoms with E-state index >= 15 is 0 Å². The molecular formula is C31H39N7O4S. The second-order valence-corrected chi connectivity index (χ2v) is 11.9. The average Bonchev–Trinajstić information content (AvgIpc) is 3.47. The molecule has 4 aromatic rings. The molecule has 12 heteroatoms. The molecule has 43 heavy (non-hydrogen) atoms. The van der Waals surface area contributed by atoms with Crippen molar-refractivity contribution < 1.29 is 17.9 Å². The van der Waals surface area contributed by atoms with Crippen LogP contribution in [0.25, 0.3) is 16.8 Å². The fraction of sp³-hybridized carbons (Fsp3) is 0.419. The smallest absolute Gasteiger partial charge is 0.245 e. The number of thiol groups is 1. The van der Waals surface area contributed by atoms with Gasteiger partial charge >= 0.3 is 0 Å². The molecule has 1 N–H and O–H groups in total. The minimum absolute atomic E-state index is 0.295. The molecule has 2 aromatic heterocycles. The maximum absolute atomic E-state index is 11.7. The number of methoxy groups -OCH3 is 1. The van der Waals surface area contributed by atoms with Gasteiger partial charge in [0.1, 0.15) is 5.75 Å². The van der Waals surface area contributed by atoms with Crippen LogP contribution in [-0.2, 0) is 22.2 Å². The molecule has 2 aromatic carbocycles. The Hall–Kier alpha value is -3.71. The zero-order valence-corrected chi connectivity index (χ0v) is 25.6. The summed E-state index contributed by atoms with van der Waals surface area (Å²) in [6.45, 7) is 8.30. The van der Waals surface area contributed by atoms with E-state index in [9.17, 15) is 8.42 Å². The van der Waals surface area contributed by atoms with Crippen molar-refractivity contribution in [3.63, 3.8) is 0 Å². The molecule has 2 aliphatic rings. The van der Waals surface area contributed by atoms with Gasteiger partial charge in [-0.25, -0.2) is 22.2 Å². The zero-order valence-electron chi connectivity index (χ0n) is 24.7. The number of hydrogen-bond donors (Lipinski definition) is 2. The molecule has 0 unspecified atom stereocenters. The lowest BCUT2D eigenvalue weighted by Gasteiger charge is -2.40. The lowest BCUT2D eigenvalue weighted by molar-refractivity contribution is 0.0115. The number of nitrogens with zero attached hydrogens (tertiary/aromatic N) is 6. The van der Waals surface area contributed by atoms with Crippen molar-refractivity contribution in [3.05, 3.63) is 66.4 Å². The third kappa shape index (κ3) is 6.47. The van der Waals surface area contributed by atoms with Crippen LogP contribution in [-0.4, -0.2) is 91.3 Å². The summed E-state index contributed by atoms with van der Waals surface area (Å²) in [7, 11) is -0.997. The summed E-state index contributed by atoms with van der Waals surface area (Å²) in [6, 6.07) is 18.6. The highest BCUT2D eigenvalue weighted by molar-refractivity contribution is 7.69. The number of benzene rings is 2. The summed E-state index contributed by atoms with van der Waals surface area (Å²) in [5.41, 5.74) is 5.44. The van der Waals surface area contributed by atoms with Crippen LogP contribution in [0.4, 0.5) is 17.3 Å². The number of ether oxygens (including phenoxy) is 2.